The topological polar surface area (TPSA) is 29.5 Å². The average Bonchev–Trinajstić information content (AvgIpc) is 2.06. The van der Waals surface area contributed by atoms with Gasteiger partial charge in [0.15, 0.2) is 0 Å². The predicted octanol–water partition coefficient (Wildman–Crippen LogP) is 1.33. The summed E-state index contributed by atoms with van der Waals surface area (Å²) < 4.78 is 5.17. The van der Waals surface area contributed by atoms with E-state index in [4.69, 9.17) is 11.2 Å². The number of ether oxygens (including phenoxy) is 1. The monoisotopic (exact) mass is 168 g/mol. The lowest BCUT2D eigenvalue weighted by molar-refractivity contribution is -0.0686. The van der Waals surface area contributed by atoms with Gasteiger partial charge in [-0.15, -0.1) is 12.3 Å². The number of hydrogen-bond donors (Lipinski definition) is 1. The van der Waals surface area contributed by atoms with E-state index in [1.54, 1.807) is 0 Å². The van der Waals surface area contributed by atoms with Gasteiger partial charge >= 0.3 is 0 Å². The van der Waals surface area contributed by atoms with E-state index in [2.05, 4.69) is 5.92 Å². The molecular formula is C10H16O2. The van der Waals surface area contributed by atoms with Crippen molar-refractivity contribution in [2.75, 3.05) is 13.2 Å². The van der Waals surface area contributed by atoms with Crippen LogP contribution < -0.4 is 0 Å². The fourth-order valence-corrected chi connectivity index (χ4v) is 1.52. The maximum atomic E-state index is 9.95. The van der Waals surface area contributed by atoms with E-state index in [-0.39, 0.29) is 0 Å². The second-order valence-corrected chi connectivity index (χ2v) is 3.39. The molecular weight excluding hydrogens is 152 g/mol. The van der Waals surface area contributed by atoms with Crippen molar-refractivity contribution < 1.29 is 9.84 Å². The molecule has 1 heterocycles. The van der Waals surface area contributed by atoms with Crippen LogP contribution in [0.2, 0.25) is 0 Å². The van der Waals surface area contributed by atoms with Crippen molar-refractivity contribution in [1.29, 1.82) is 0 Å². The highest BCUT2D eigenvalue weighted by Gasteiger charge is 2.28. The van der Waals surface area contributed by atoms with Gasteiger partial charge in [-0.1, -0.05) is 0 Å². The Morgan fingerprint density at radius 3 is 2.67 bits per heavy atom. The molecule has 0 amide bonds. The van der Waals surface area contributed by atoms with Crippen LogP contribution >= 0.6 is 0 Å². The average molecular weight is 168 g/mol. The van der Waals surface area contributed by atoms with Crippen molar-refractivity contribution >= 4 is 0 Å². The first-order valence-corrected chi connectivity index (χ1v) is 4.50. The minimum Gasteiger partial charge on any atom is -0.390 e. The van der Waals surface area contributed by atoms with Crippen molar-refractivity contribution in [3.8, 4) is 12.3 Å². The van der Waals surface area contributed by atoms with Crippen LogP contribution in [0, 0.1) is 12.3 Å². The van der Waals surface area contributed by atoms with Gasteiger partial charge in [-0.05, 0) is 25.7 Å². The van der Waals surface area contributed by atoms with Gasteiger partial charge in [-0.25, -0.2) is 0 Å². The third kappa shape index (κ3) is 2.84. The highest BCUT2D eigenvalue weighted by atomic mass is 16.5. The lowest BCUT2D eigenvalue weighted by Crippen LogP contribution is -2.35. The van der Waals surface area contributed by atoms with Gasteiger partial charge in [0.1, 0.15) is 0 Å². The first-order valence-electron chi connectivity index (χ1n) is 4.50. The van der Waals surface area contributed by atoms with E-state index in [0.29, 0.717) is 13.2 Å². The third-order valence-corrected chi connectivity index (χ3v) is 2.39. The number of unbranched alkanes of at least 4 members (excludes halogenated alkanes) is 1. The lowest BCUT2D eigenvalue weighted by Gasteiger charge is -2.31. The molecule has 0 aromatic carbocycles. The molecule has 12 heavy (non-hydrogen) atoms. The van der Waals surface area contributed by atoms with Gasteiger partial charge in [0.2, 0.25) is 0 Å². The molecule has 2 nitrogen and oxygen atoms in total. The van der Waals surface area contributed by atoms with Gasteiger partial charge in [-0.2, -0.15) is 0 Å². The summed E-state index contributed by atoms with van der Waals surface area (Å²) in [6.45, 7) is 1.37. The summed E-state index contributed by atoms with van der Waals surface area (Å²) in [7, 11) is 0. The Bertz CT molecular complexity index is 163. The number of rotatable bonds is 3. The van der Waals surface area contributed by atoms with Crippen molar-refractivity contribution in [3.63, 3.8) is 0 Å². The van der Waals surface area contributed by atoms with E-state index in [0.717, 1.165) is 32.1 Å². The number of aliphatic hydroxyl groups is 1. The second kappa shape index (κ2) is 4.49. The van der Waals surface area contributed by atoms with E-state index < -0.39 is 5.60 Å². The Morgan fingerprint density at radius 1 is 1.42 bits per heavy atom. The Balaban J connectivity index is 2.23. The van der Waals surface area contributed by atoms with Crippen LogP contribution in [0.15, 0.2) is 0 Å². The first-order chi connectivity index (χ1) is 5.77. The van der Waals surface area contributed by atoms with E-state index in [9.17, 15) is 5.11 Å². The Hall–Kier alpha value is -0.520. The zero-order chi connectivity index (χ0) is 8.86. The van der Waals surface area contributed by atoms with Crippen LogP contribution in [-0.4, -0.2) is 23.9 Å². The largest absolute Gasteiger partial charge is 0.390 e. The first kappa shape index (κ1) is 9.57. The zero-order valence-electron chi connectivity index (χ0n) is 7.38. The molecule has 1 rings (SSSR count). The van der Waals surface area contributed by atoms with Crippen LogP contribution in [0.3, 0.4) is 0 Å². The predicted molar refractivity (Wildman–Crippen MR) is 47.7 cm³/mol. The summed E-state index contributed by atoms with van der Waals surface area (Å²) in [6, 6.07) is 0. The van der Waals surface area contributed by atoms with Crippen molar-refractivity contribution in [2.24, 2.45) is 0 Å². The van der Waals surface area contributed by atoms with E-state index in [1.165, 1.54) is 0 Å². The summed E-state index contributed by atoms with van der Waals surface area (Å²) in [5.41, 5.74) is -0.491. The molecule has 0 aliphatic carbocycles. The maximum Gasteiger partial charge on any atom is 0.0692 e. The normalized spacial score (nSPS) is 21.7. The standard InChI is InChI=1S/C10H16O2/c1-2-3-4-5-10(11)6-8-12-9-7-10/h1,11H,3-9H2. The second-order valence-electron chi connectivity index (χ2n) is 3.39. The van der Waals surface area contributed by atoms with Gasteiger partial charge in [0.25, 0.3) is 0 Å². The van der Waals surface area contributed by atoms with Crippen molar-refractivity contribution in [3.05, 3.63) is 0 Å². The van der Waals surface area contributed by atoms with Crippen molar-refractivity contribution in [1.82, 2.24) is 0 Å². The SMILES string of the molecule is C#CCCCC1(O)CCOCC1. The van der Waals surface area contributed by atoms with E-state index >= 15 is 0 Å². The molecule has 0 unspecified atom stereocenters. The summed E-state index contributed by atoms with van der Waals surface area (Å²) in [5, 5.41) is 9.95. The zero-order valence-corrected chi connectivity index (χ0v) is 7.38. The van der Waals surface area contributed by atoms with Gasteiger partial charge < -0.3 is 9.84 Å². The molecule has 1 aliphatic heterocycles. The number of terminal acetylenes is 1. The molecule has 0 atom stereocenters. The molecule has 0 bridgehead atoms. The molecule has 0 radical (unpaired) electrons. The highest BCUT2D eigenvalue weighted by molar-refractivity contribution is 4.87. The van der Waals surface area contributed by atoms with Crippen LogP contribution in [0.4, 0.5) is 0 Å². The minimum absolute atomic E-state index is 0.491. The highest BCUT2D eigenvalue weighted by Crippen LogP contribution is 2.25. The maximum absolute atomic E-state index is 9.95. The molecule has 0 aromatic rings. The van der Waals surface area contributed by atoms with Gasteiger partial charge in [-0.3, -0.25) is 0 Å². The molecule has 0 spiro atoms. The molecule has 2 heteroatoms. The number of hydrogen-bond acceptors (Lipinski definition) is 2. The quantitative estimate of drug-likeness (QED) is 0.509. The summed E-state index contributed by atoms with van der Waals surface area (Å²) in [4.78, 5) is 0. The minimum atomic E-state index is -0.491. The third-order valence-electron chi connectivity index (χ3n) is 2.39. The fraction of sp³-hybridized carbons (Fsp3) is 0.800. The molecule has 68 valence electrons. The Kier molecular flexibility index (Phi) is 3.58. The summed E-state index contributed by atoms with van der Waals surface area (Å²) in [5.74, 6) is 2.58. The van der Waals surface area contributed by atoms with Crippen LogP contribution in [0.25, 0.3) is 0 Å². The Morgan fingerprint density at radius 2 is 2.08 bits per heavy atom. The van der Waals surface area contributed by atoms with Crippen molar-refractivity contribution in [2.45, 2.75) is 37.7 Å². The molecule has 0 aromatic heterocycles. The smallest absolute Gasteiger partial charge is 0.0692 e. The van der Waals surface area contributed by atoms with Crippen LogP contribution in [0.1, 0.15) is 32.1 Å². The Labute approximate surface area is 73.9 Å². The van der Waals surface area contributed by atoms with Gasteiger partial charge in [0, 0.05) is 19.6 Å². The van der Waals surface area contributed by atoms with Crippen LogP contribution in [-0.2, 0) is 4.74 Å². The lowest BCUT2D eigenvalue weighted by atomic mass is 9.89. The van der Waals surface area contributed by atoms with Crippen LogP contribution in [0.5, 0.6) is 0 Å². The molecule has 0 saturated carbocycles. The van der Waals surface area contributed by atoms with E-state index in [1.807, 2.05) is 0 Å². The summed E-state index contributed by atoms with van der Waals surface area (Å²) in [6.07, 6.45) is 9.16. The molecule has 1 saturated heterocycles. The van der Waals surface area contributed by atoms with Gasteiger partial charge in [0.05, 0.1) is 5.60 Å². The fourth-order valence-electron chi connectivity index (χ4n) is 1.52. The molecule has 1 fully saturated rings. The molecule has 1 aliphatic rings. The molecule has 1 N–H and O–H groups in total. The summed E-state index contributed by atoms with van der Waals surface area (Å²) >= 11 is 0.